The Morgan fingerprint density at radius 2 is 2.11 bits per heavy atom. The molecule has 0 aliphatic heterocycles. The molecule has 47 valence electrons. The number of benzene rings is 1. The quantitative estimate of drug-likeness (QED) is 0.481. The Morgan fingerprint density at radius 3 is 2.56 bits per heavy atom. The van der Waals surface area contributed by atoms with Crippen LogP contribution in [-0.2, 0) is 0 Å². The fourth-order valence-electron chi connectivity index (χ4n) is 0.429. The van der Waals surface area contributed by atoms with E-state index in [2.05, 4.69) is 6.07 Å². The molecule has 0 unspecified atom stereocenters. The van der Waals surface area contributed by atoms with E-state index in [-0.39, 0.29) is 3.57 Å². The number of halogens is 3. The summed E-state index contributed by atoms with van der Waals surface area (Å²) >= 11 is 1.71. The van der Waals surface area contributed by atoms with Gasteiger partial charge in [0.15, 0.2) is 11.6 Å². The molecular formula is C6H2F2I. The maximum atomic E-state index is 12.3. The summed E-state index contributed by atoms with van der Waals surface area (Å²) in [4.78, 5) is 0. The zero-order valence-corrected chi connectivity index (χ0v) is 6.45. The molecule has 0 bridgehead atoms. The first-order chi connectivity index (χ1) is 4.22. The zero-order chi connectivity index (χ0) is 6.85. The van der Waals surface area contributed by atoms with Gasteiger partial charge in [-0.1, -0.05) is 6.07 Å². The lowest BCUT2D eigenvalue weighted by molar-refractivity contribution is 0.502. The van der Waals surface area contributed by atoms with Gasteiger partial charge in [0.25, 0.3) is 0 Å². The first-order valence-corrected chi connectivity index (χ1v) is 3.31. The summed E-state index contributed by atoms with van der Waals surface area (Å²) in [6.07, 6.45) is 0. The van der Waals surface area contributed by atoms with Crippen LogP contribution in [0.5, 0.6) is 0 Å². The second-order valence-corrected chi connectivity index (χ2v) is 2.62. The highest BCUT2D eigenvalue weighted by atomic mass is 127. The van der Waals surface area contributed by atoms with Crippen LogP contribution in [0.1, 0.15) is 0 Å². The first-order valence-electron chi connectivity index (χ1n) is 2.23. The minimum atomic E-state index is -0.915. The lowest BCUT2D eigenvalue weighted by Gasteiger charge is -1.91. The maximum absolute atomic E-state index is 12.3. The summed E-state index contributed by atoms with van der Waals surface area (Å²) in [5.41, 5.74) is 0. The van der Waals surface area contributed by atoms with E-state index < -0.39 is 11.6 Å². The largest absolute Gasteiger partial charge is 0.203 e. The van der Waals surface area contributed by atoms with E-state index in [1.165, 1.54) is 12.1 Å². The molecule has 0 saturated heterocycles. The number of rotatable bonds is 0. The first kappa shape index (κ1) is 6.92. The lowest BCUT2D eigenvalue weighted by Crippen LogP contribution is -1.85. The molecule has 1 aromatic rings. The molecule has 0 aromatic heterocycles. The SMILES string of the molecule is Fc1[c]ccc(I)c1F. The van der Waals surface area contributed by atoms with Crippen LogP contribution in [0.4, 0.5) is 8.78 Å². The van der Waals surface area contributed by atoms with Gasteiger partial charge in [0.05, 0.1) is 3.57 Å². The van der Waals surface area contributed by atoms with Crippen LogP contribution in [0.2, 0.25) is 0 Å². The van der Waals surface area contributed by atoms with Crippen LogP contribution in [0, 0.1) is 21.3 Å². The van der Waals surface area contributed by atoms with Gasteiger partial charge in [-0.05, 0) is 28.7 Å². The van der Waals surface area contributed by atoms with Gasteiger partial charge >= 0.3 is 0 Å². The average Bonchev–Trinajstić information content (AvgIpc) is 1.83. The van der Waals surface area contributed by atoms with Crippen molar-refractivity contribution in [1.29, 1.82) is 0 Å². The van der Waals surface area contributed by atoms with Crippen molar-refractivity contribution in [3.8, 4) is 0 Å². The van der Waals surface area contributed by atoms with Crippen LogP contribution in [0.25, 0.3) is 0 Å². The third-order valence-electron chi connectivity index (χ3n) is 0.842. The summed E-state index contributed by atoms with van der Waals surface area (Å²) in [6, 6.07) is 4.90. The molecule has 1 radical (unpaired) electrons. The third kappa shape index (κ3) is 1.38. The van der Waals surface area contributed by atoms with Crippen LogP contribution < -0.4 is 0 Å². The second-order valence-electron chi connectivity index (χ2n) is 1.45. The van der Waals surface area contributed by atoms with Gasteiger partial charge in [-0.15, -0.1) is 0 Å². The molecule has 0 saturated carbocycles. The molecule has 3 heteroatoms. The highest BCUT2D eigenvalue weighted by Gasteiger charge is 2.02. The van der Waals surface area contributed by atoms with Crippen molar-refractivity contribution in [2.45, 2.75) is 0 Å². The minimum Gasteiger partial charge on any atom is -0.203 e. The van der Waals surface area contributed by atoms with Crippen LogP contribution in [0.15, 0.2) is 12.1 Å². The van der Waals surface area contributed by atoms with Crippen molar-refractivity contribution < 1.29 is 8.78 Å². The monoisotopic (exact) mass is 239 g/mol. The fourth-order valence-corrected chi connectivity index (χ4v) is 0.846. The number of hydrogen-bond acceptors (Lipinski definition) is 0. The molecule has 0 aliphatic rings. The Kier molecular flexibility index (Phi) is 2.00. The summed E-state index contributed by atoms with van der Waals surface area (Å²) < 4.78 is 24.7. The predicted molar refractivity (Wildman–Crippen MR) is 37.9 cm³/mol. The van der Waals surface area contributed by atoms with Crippen LogP contribution in [-0.4, -0.2) is 0 Å². The summed E-state index contributed by atoms with van der Waals surface area (Å²) in [5.74, 6) is -1.74. The molecule has 0 spiro atoms. The van der Waals surface area contributed by atoms with Crippen molar-refractivity contribution in [1.82, 2.24) is 0 Å². The van der Waals surface area contributed by atoms with Gasteiger partial charge in [-0.25, -0.2) is 8.78 Å². The molecule has 0 amide bonds. The highest BCUT2D eigenvalue weighted by molar-refractivity contribution is 14.1. The maximum Gasteiger partial charge on any atom is 0.172 e. The van der Waals surface area contributed by atoms with Crippen molar-refractivity contribution in [2.75, 3.05) is 0 Å². The van der Waals surface area contributed by atoms with E-state index in [1.807, 2.05) is 0 Å². The standard InChI is InChI=1S/C6H2F2I/c7-4-2-1-3-5(9)6(4)8/h1,3H. The van der Waals surface area contributed by atoms with E-state index in [1.54, 1.807) is 22.6 Å². The Hall–Kier alpha value is -0.190. The number of hydrogen-bond donors (Lipinski definition) is 0. The van der Waals surface area contributed by atoms with E-state index >= 15 is 0 Å². The van der Waals surface area contributed by atoms with Crippen molar-refractivity contribution >= 4 is 22.6 Å². The molecule has 0 atom stereocenters. The molecule has 0 N–H and O–H groups in total. The van der Waals surface area contributed by atoms with Crippen LogP contribution >= 0.6 is 22.6 Å². The Morgan fingerprint density at radius 1 is 1.44 bits per heavy atom. The van der Waals surface area contributed by atoms with Crippen LogP contribution in [0.3, 0.4) is 0 Å². The topological polar surface area (TPSA) is 0 Å². The van der Waals surface area contributed by atoms with E-state index in [4.69, 9.17) is 0 Å². The van der Waals surface area contributed by atoms with Crippen molar-refractivity contribution in [3.63, 3.8) is 0 Å². The average molecular weight is 239 g/mol. The van der Waals surface area contributed by atoms with E-state index in [9.17, 15) is 8.78 Å². The molecule has 1 aromatic carbocycles. The summed E-state index contributed by atoms with van der Waals surface area (Å²) in [5, 5.41) is 0. The highest BCUT2D eigenvalue weighted by Crippen LogP contribution is 2.11. The third-order valence-corrected chi connectivity index (χ3v) is 1.68. The molecule has 1 rings (SSSR count). The molecule has 0 heterocycles. The zero-order valence-electron chi connectivity index (χ0n) is 4.29. The van der Waals surface area contributed by atoms with Crippen molar-refractivity contribution in [3.05, 3.63) is 33.4 Å². The van der Waals surface area contributed by atoms with Gasteiger partial charge in [0, 0.05) is 6.07 Å². The minimum absolute atomic E-state index is 0.281. The smallest absolute Gasteiger partial charge is 0.172 e. The predicted octanol–water partition coefficient (Wildman–Crippen LogP) is 2.37. The Labute approximate surface area is 65.0 Å². The summed E-state index contributed by atoms with van der Waals surface area (Å²) in [6.45, 7) is 0. The van der Waals surface area contributed by atoms with Gasteiger partial charge in [0.2, 0.25) is 0 Å². The normalized spacial score (nSPS) is 9.67. The molecular weight excluding hydrogens is 237 g/mol. The second kappa shape index (κ2) is 2.60. The van der Waals surface area contributed by atoms with Gasteiger partial charge in [0.1, 0.15) is 0 Å². The Bertz CT molecular complexity index is 202. The van der Waals surface area contributed by atoms with E-state index in [0.717, 1.165) is 0 Å². The molecule has 9 heavy (non-hydrogen) atoms. The van der Waals surface area contributed by atoms with E-state index in [0.29, 0.717) is 0 Å². The van der Waals surface area contributed by atoms with Gasteiger partial charge < -0.3 is 0 Å². The molecule has 0 aliphatic carbocycles. The van der Waals surface area contributed by atoms with Gasteiger partial charge in [-0.3, -0.25) is 0 Å². The lowest BCUT2D eigenvalue weighted by atomic mass is 10.3. The van der Waals surface area contributed by atoms with Crippen molar-refractivity contribution in [2.24, 2.45) is 0 Å². The molecule has 0 nitrogen and oxygen atoms in total. The molecule has 0 fully saturated rings. The van der Waals surface area contributed by atoms with Gasteiger partial charge in [-0.2, -0.15) is 0 Å². The Balaban J connectivity index is 3.25. The summed E-state index contributed by atoms with van der Waals surface area (Å²) in [7, 11) is 0. The fraction of sp³-hybridized carbons (Fsp3) is 0.